The van der Waals surface area contributed by atoms with E-state index in [1.54, 1.807) is 18.4 Å². The van der Waals surface area contributed by atoms with Gasteiger partial charge in [0, 0.05) is 10.6 Å². The van der Waals surface area contributed by atoms with Crippen LogP contribution in [0, 0.1) is 0 Å². The molecule has 2 nitrogen and oxygen atoms in total. The molecule has 1 aromatic carbocycles. The summed E-state index contributed by atoms with van der Waals surface area (Å²) in [6.07, 6.45) is 3.54. The second-order valence-corrected chi connectivity index (χ2v) is 6.51. The van der Waals surface area contributed by atoms with Gasteiger partial charge in [0.2, 0.25) is 0 Å². The Morgan fingerprint density at radius 1 is 1.32 bits per heavy atom. The standard InChI is InChI=1S/C15H16ClNOS/c1-18-11-7-5-10(6-8-11)17-13-3-2-4-14-12(13)9-15(16)19-14/h5-9,13,17H,2-4H2,1H3. The lowest BCUT2D eigenvalue weighted by molar-refractivity contribution is 0.415. The van der Waals surface area contributed by atoms with E-state index >= 15 is 0 Å². The molecule has 1 N–H and O–H groups in total. The lowest BCUT2D eigenvalue weighted by Gasteiger charge is -2.24. The van der Waals surface area contributed by atoms with Gasteiger partial charge in [0.05, 0.1) is 17.5 Å². The number of aryl methyl sites for hydroxylation is 1. The zero-order valence-corrected chi connectivity index (χ0v) is 12.4. The molecule has 1 heterocycles. The Labute approximate surface area is 122 Å². The third-order valence-electron chi connectivity index (χ3n) is 3.51. The second-order valence-electron chi connectivity index (χ2n) is 4.75. The summed E-state index contributed by atoms with van der Waals surface area (Å²) in [7, 11) is 1.68. The number of benzene rings is 1. The molecule has 0 fully saturated rings. The van der Waals surface area contributed by atoms with Gasteiger partial charge in [-0.2, -0.15) is 0 Å². The van der Waals surface area contributed by atoms with Crippen LogP contribution >= 0.6 is 22.9 Å². The van der Waals surface area contributed by atoms with E-state index in [0.717, 1.165) is 28.6 Å². The molecule has 0 amide bonds. The molecule has 19 heavy (non-hydrogen) atoms. The molecule has 0 spiro atoms. The van der Waals surface area contributed by atoms with Crippen LogP contribution in [-0.2, 0) is 6.42 Å². The van der Waals surface area contributed by atoms with Gasteiger partial charge in [0.1, 0.15) is 5.75 Å². The van der Waals surface area contributed by atoms with Crippen LogP contribution in [0.5, 0.6) is 5.75 Å². The van der Waals surface area contributed by atoms with Crippen molar-refractivity contribution in [2.24, 2.45) is 0 Å². The molecule has 2 aromatic rings. The number of fused-ring (bicyclic) bond motifs is 1. The second kappa shape index (κ2) is 5.43. The number of halogens is 1. The van der Waals surface area contributed by atoms with Crippen molar-refractivity contribution in [2.45, 2.75) is 25.3 Å². The minimum Gasteiger partial charge on any atom is -0.497 e. The van der Waals surface area contributed by atoms with Crippen molar-refractivity contribution < 1.29 is 4.74 Å². The molecule has 1 aromatic heterocycles. The number of nitrogens with one attached hydrogen (secondary N) is 1. The van der Waals surface area contributed by atoms with Gasteiger partial charge in [0.25, 0.3) is 0 Å². The first-order chi connectivity index (χ1) is 9.26. The molecule has 0 bridgehead atoms. The molecule has 0 saturated carbocycles. The van der Waals surface area contributed by atoms with Crippen molar-refractivity contribution in [2.75, 3.05) is 12.4 Å². The molecule has 0 radical (unpaired) electrons. The van der Waals surface area contributed by atoms with E-state index in [0.29, 0.717) is 6.04 Å². The van der Waals surface area contributed by atoms with Crippen LogP contribution in [0.4, 0.5) is 5.69 Å². The van der Waals surface area contributed by atoms with Crippen LogP contribution in [0.3, 0.4) is 0 Å². The first-order valence-electron chi connectivity index (χ1n) is 6.45. The summed E-state index contributed by atoms with van der Waals surface area (Å²) in [6, 6.07) is 10.6. The smallest absolute Gasteiger partial charge is 0.119 e. The first kappa shape index (κ1) is 12.8. The fourth-order valence-electron chi connectivity index (χ4n) is 2.56. The highest BCUT2D eigenvalue weighted by Gasteiger charge is 2.22. The minimum absolute atomic E-state index is 0.376. The lowest BCUT2D eigenvalue weighted by atomic mass is 9.94. The number of hydrogen-bond acceptors (Lipinski definition) is 3. The van der Waals surface area contributed by atoms with Gasteiger partial charge in [-0.1, -0.05) is 11.6 Å². The predicted molar refractivity (Wildman–Crippen MR) is 81.6 cm³/mol. The summed E-state index contributed by atoms with van der Waals surface area (Å²) >= 11 is 7.85. The quantitative estimate of drug-likeness (QED) is 0.869. The van der Waals surface area contributed by atoms with Crippen molar-refractivity contribution in [3.8, 4) is 5.75 Å². The average Bonchev–Trinajstić information content (AvgIpc) is 2.81. The van der Waals surface area contributed by atoms with Crippen molar-refractivity contribution >= 4 is 28.6 Å². The van der Waals surface area contributed by atoms with Gasteiger partial charge in [0.15, 0.2) is 0 Å². The average molecular weight is 294 g/mol. The molecule has 1 unspecified atom stereocenters. The monoisotopic (exact) mass is 293 g/mol. The van der Waals surface area contributed by atoms with E-state index < -0.39 is 0 Å². The maximum Gasteiger partial charge on any atom is 0.119 e. The Bertz CT molecular complexity index is 564. The molecule has 3 rings (SSSR count). The molecule has 1 aliphatic rings. The normalized spacial score (nSPS) is 17.9. The number of rotatable bonds is 3. The maximum absolute atomic E-state index is 6.13. The molecular formula is C15H16ClNOS. The lowest BCUT2D eigenvalue weighted by Crippen LogP contribution is -2.15. The van der Waals surface area contributed by atoms with Gasteiger partial charge in [-0.3, -0.25) is 0 Å². The van der Waals surface area contributed by atoms with Crippen molar-refractivity contribution in [1.29, 1.82) is 0 Å². The van der Waals surface area contributed by atoms with Crippen LogP contribution in [0.25, 0.3) is 0 Å². The predicted octanol–water partition coefficient (Wildman–Crippen LogP) is 4.90. The molecule has 1 aliphatic carbocycles. The zero-order valence-electron chi connectivity index (χ0n) is 10.8. The van der Waals surface area contributed by atoms with E-state index in [1.165, 1.54) is 16.9 Å². The molecule has 0 saturated heterocycles. The van der Waals surface area contributed by atoms with Gasteiger partial charge in [-0.05, 0) is 55.2 Å². The first-order valence-corrected chi connectivity index (χ1v) is 7.64. The summed E-state index contributed by atoms with van der Waals surface area (Å²) in [6.45, 7) is 0. The highest BCUT2D eigenvalue weighted by atomic mass is 35.5. The molecular weight excluding hydrogens is 278 g/mol. The van der Waals surface area contributed by atoms with Gasteiger partial charge < -0.3 is 10.1 Å². The van der Waals surface area contributed by atoms with Gasteiger partial charge in [-0.15, -0.1) is 11.3 Å². The van der Waals surface area contributed by atoms with E-state index in [2.05, 4.69) is 23.5 Å². The fourth-order valence-corrected chi connectivity index (χ4v) is 3.94. The Kier molecular flexibility index (Phi) is 3.67. The maximum atomic E-state index is 6.13. The Morgan fingerprint density at radius 2 is 2.11 bits per heavy atom. The van der Waals surface area contributed by atoms with Crippen molar-refractivity contribution in [3.05, 3.63) is 45.1 Å². The van der Waals surface area contributed by atoms with Crippen LogP contribution in [0.1, 0.15) is 29.3 Å². The van der Waals surface area contributed by atoms with E-state index in [4.69, 9.17) is 16.3 Å². The Balaban J connectivity index is 1.79. The van der Waals surface area contributed by atoms with E-state index in [-0.39, 0.29) is 0 Å². The summed E-state index contributed by atoms with van der Waals surface area (Å²) < 4.78 is 6.07. The fraction of sp³-hybridized carbons (Fsp3) is 0.333. The number of anilines is 1. The van der Waals surface area contributed by atoms with Crippen LogP contribution in [-0.4, -0.2) is 7.11 Å². The summed E-state index contributed by atoms with van der Waals surface area (Å²) in [4.78, 5) is 1.43. The Morgan fingerprint density at radius 3 is 2.84 bits per heavy atom. The van der Waals surface area contributed by atoms with Crippen LogP contribution in [0.15, 0.2) is 30.3 Å². The zero-order chi connectivity index (χ0) is 13.2. The van der Waals surface area contributed by atoms with Crippen LogP contribution in [0.2, 0.25) is 4.34 Å². The van der Waals surface area contributed by atoms with Gasteiger partial charge >= 0.3 is 0 Å². The number of thiophene rings is 1. The highest BCUT2D eigenvalue weighted by molar-refractivity contribution is 7.16. The number of hydrogen-bond donors (Lipinski definition) is 1. The van der Waals surface area contributed by atoms with Crippen LogP contribution < -0.4 is 10.1 Å². The molecule has 1 atom stereocenters. The topological polar surface area (TPSA) is 21.3 Å². The summed E-state index contributed by atoms with van der Waals surface area (Å²) in [5.74, 6) is 0.883. The van der Waals surface area contributed by atoms with Crippen molar-refractivity contribution in [3.63, 3.8) is 0 Å². The number of methoxy groups -OCH3 is 1. The SMILES string of the molecule is COc1ccc(NC2CCCc3sc(Cl)cc32)cc1. The highest BCUT2D eigenvalue weighted by Crippen LogP contribution is 2.39. The Hall–Kier alpha value is -1.19. The van der Waals surface area contributed by atoms with E-state index in [9.17, 15) is 0 Å². The summed E-state index contributed by atoms with van der Waals surface area (Å²) in [5.41, 5.74) is 2.50. The van der Waals surface area contributed by atoms with E-state index in [1.807, 2.05) is 12.1 Å². The molecule has 0 aliphatic heterocycles. The third-order valence-corrected chi connectivity index (χ3v) is 4.85. The minimum atomic E-state index is 0.376. The van der Waals surface area contributed by atoms with Gasteiger partial charge in [-0.25, -0.2) is 0 Å². The third kappa shape index (κ3) is 2.72. The summed E-state index contributed by atoms with van der Waals surface area (Å²) in [5, 5.41) is 3.59. The molecule has 100 valence electrons. The van der Waals surface area contributed by atoms with Crippen molar-refractivity contribution in [1.82, 2.24) is 0 Å². The number of ether oxygens (including phenoxy) is 1. The largest absolute Gasteiger partial charge is 0.497 e. The molecule has 4 heteroatoms.